The van der Waals surface area contributed by atoms with Gasteiger partial charge >= 0.3 is 11.9 Å². The molecule has 1 aromatic heterocycles. The number of carbonyl (C=O) groups is 2. The monoisotopic (exact) mass is 453 g/mol. The van der Waals surface area contributed by atoms with Crippen LogP contribution in [0.2, 0.25) is 0 Å². The van der Waals surface area contributed by atoms with Gasteiger partial charge in [0.05, 0.1) is 29.7 Å². The number of fused-ring (bicyclic) bond motifs is 1. The summed E-state index contributed by atoms with van der Waals surface area (Å²) in [5.41, 5.74) is 4.53. The van der Waals surface area contributed by atoms with Crippen molar-refractivity contribution >= 4 is 28.7 Å². The number of aromatic amines is 1. The number of hydrogen-bond acceptors (Lipinski definition) is 3. The first-order valence-corrected chi connectivity index (χ1v) is 11.9. The average molecular weight is 454 g/mol. The summed E-state index contributed by atoms with van der Waals surface area (Å²) in [6.45, 7) is 2.54. The predicted octanol–water partition coefficient (Wildman–Crippen LogP) is 5.92. The summed E-state index contributed by atoms with van der Waals surface area (Å²) in [7, 11) is 0. The van der Waals surface area contributed by atoms with E-state index in [4.69, 9.17) is 0 Å². The summed E-state index contributed by atoms with van der Waals surface area (Å²) < 4.78 is -0.163. The maximum absolute atomic E-state index is 13.7. The van der Waals surface area contributed by atoms with Crippen LogP contribution in [0, 0.1) is 0 Å². The SMILES string of the molecule is C[C@@H]1CCC[N+]1(C(=O)CCc1nc2ccccc2[nH]1)C(=O)Nc1ccccc1-c1ccccc1. The van der Waals surface area contributed by atoms with E-state index >= 15 is 0 Å². The van der Waals surface area contributed by atoms with Crippen LogP contribution in [0.1, 0.15) is 32.0 Å². The van der Waals surface area contributed by atoms with Gasteiger partial charge in [-0.25, -0.2) is 14.6 Å². The second-order valence-electron chi connectivity index (χ2n) is 9.02. The van der Waals surface area contributed by atoms with Crippen molar-refractivity contribution in [2.75, 3.05) is 11.9 Å². The topological polar surface area (TPSA) is 74.8 Å². The summed E-state index contributed by atoms with van der Waals surface area (Å²) in [6.07, 6.45) is 2.45. The zero-order valence-electron chi connectivity index (χ0n) is 19.3. The maximum Gasteiger partial charge on any atom is 0.428 e. The zero-order valence-corrected chi connectivity index (χ0v) is 19.3. The molecule has 4 aromatic rings. The minimum Gasteiger partial charge on any atom is -0.342 e. The van der Waals surface area contributed by atoms with Gasteiger partial charge in [-0.15, -0.1) is 0 Å². The van der Waals surface area contributed by atoms with E-state index in [1.807, 2.05) is 85.8 Å². The third kappa shape index (κ3) is 4.01. The lowest BCUT2D eigenvalue weighted by Crippen LogP contribution is -2.60. The van der Waals surface area contributed by atoms with Gasteiger partial charge in [-0.2, -0.15) is 4.48 Å². The third-order valence-corrected chi connectivity index (χ3v) is 6.96. The molecule has 1 unspecified atom stereocenters. The fraction of sp³-hybridized carbons (Fsp3) is 0.250. The summed E-state index contributed by atoms with van der Waals surface area (Å²) >= 11 is 0. The highest BCUT2D eigenvalue weighted by Gasteiger charge is 2.52. The first kappa shape index (κ1) is 22.0. The first-order chi connectivity index (χ1) is 16.6. The lowest BCUT2D eigenvalue weighted by Gasteiger charge is -2.33. The van der Waals surface area contributed by atoms with E-state index in [2.05, 4.69) is 15.3 Å². The van der Waals surface area contributed by atoms with Gasteiger partial charge in [-0.3, -0.25) is 5.32 Å². The van der Waals surface area contributed by atoms with Gasteiger partial charge in [0.1, 0.15) is 11.9 Å². The number of benzene rings is 3. The molecule has 0 radical (unpaired) electrons. The van der Waals surface area contributed by atoms with E-state index < -0.39 is 0 Å². The number of anilines is 1. The Bertz CT molecular complexity index is 1300. The van der Waals surface area contributed by atoms with E-state index in [1.54, 1.807) is 0 Å². The first-order valence-electron chi connectivity index (χ1n) is 11.9. The number of para-hydroxylation sites is 3. The Morgan fingerprint density at radius 2 is 1.74 bits per heavy atom. The Balaban J connectivity index is 1.38. The fourth-order valence-electron chi connectivity index (χ4n) is 5.09. The molecule has 2 atom stereocenters. The van der Waals surface area contributed by atoms with Gasteiger partial charge in [-0.05, 0) is 30.7 Å². The summed E-state index contributed by atoms with van der Waals surface area (Å²) in [4.78, 5) is 35.2. The molecule has 6 heteroatoms. The molecule has 5 rings (SSSR count). The van der Waals surface area contributed by atoms with Gasteiger partial charge < -0.3 is 4.98 Å². The van der Waals surface area contributed by atoms with Gasteiger partial charge in [0.25, 0.3) is 0 Å². The number of carbonyl (C=O) groups excluding carboxylic acids is 2. The minimum atomic E-state index is -0.247. The second kappa shape index (κ2) is 9.23. The average Bonchev–Trinajstić information content (AvgIpc) is 3.47. The smallest absolute Gasteiger partial charge is 0.342 e. The molecular weight excluding hydrogens is 424 g/mol. The number of hydrogen-bond donors (Lipinski definition) is 2. The quantitative estimate of drug-likeness (QED) is 0.368. The fourth-order valence-corrected chi connectivity index (χ4v) is 5.09. The molecule has 0 aliphatic carbocycles. The van der Waals surface area contributed by atoms with Crippen molar-refractivity contribution in [1.29, 1.82) is 0 Å². The van der Waals surface area contributed by atoms with E-state index in [-0.39, 0.29) is 28.9 Å². The lowest BCUT2D eigenvalue weighted by atomic mass is 10.0. The zero-order chi connectivity index (χ0) is 23.5. The van der Waals surface area contributed by atoms with E-state index in [0.717, 1.165) is 46.5 Å². The van der Waals surface area contributed by atoms with Crippen molar-refractivity contribution in [3.05, 3.63) is 84.7 Å². The van der Waals surface area contributed by atoms with Crippen LogP contribution in [0.5, 0.6) is 0 Å². The molecule has 34 heavy (non-hydrogen) atoms. The van der Waals surface area contributed by atoms with E-state index in [1.165, 1.54) is 0 Å². The Labute approximate surface area is 199 Å². The summed E-state index contributed by atoms with van der Waals surface area (Å²) in [5, 5.41) is 3.11. The van der Waals surface area contributed by atoms with Crippen molar-refractivity contribution in [2.45, 2.75) is 38.6 Å². The molecule has 1 aliphatic rings. The molecule has 1 saturated heterocycles. The number of urea groups is 1. The molecule has 2 heterocycles. The summed E-state index contributed by atoms with van der Waals surface area (Å²) in [5.74, 6) is 0.717. The molecule has 6 nitrogen and oxygen atoms in total. The second-order valence-corrected chi connectivity index (χ2v) is 9.02. The highest BCUT2D eigenvalue weighted by Crippen LogP contribution is 2.33. The number of H-pyrrole nitrogens is 1. The number of likely N-dealkylation sites (tertiary alicyclic amines) is 1. The number of aryl methyl sites for hydroxylation is 1. The molecule has 1 aliphatic heterocycles. The van der Waals surface area contributed by atoms with Crippen LogP contribution in [-0.2, 0) is 11.2 Å². The van der Waals surface area contributed by atoms with Crippen LogP contribution in [-0.4, -0.2) is 39.0 Å². The Morgan fingerprint density at radius 3 is 2.50 bits per heavy atom. The van der Waals surface area contributed by atoms with Gasteiger partial charge in [0.2, 0.25) is 0 Å². The Hall–Kier alpha value is -3.77. The van der Waals surface area contributed by atoms with E-state index in [0.29, 0.717) is 13.0 Å². The number of imide groups is 1. The molecule has 172 valence electrons. The number of aromatic nitrogens is 2. The van der Waals surface area contributed by atoms with Crippen LogP contribution < -0.4 is 5.32 Å². The molecule has 3 aromatic carbocycles. The highest BCUT2D eigenvalue weighted by atomic mass is 16.2. The number of nitrogens with one attached hydrogen (secondary N) is 2. The molecule has 2 N–H and O–H groups in total. The lowest BCUT2D eigenvalue weighted by molar-refractivity contribution is -0.782. The van der Waals surface area contributed by atoms with Crippen molar-refractivity contribution in [2.24, 2.45) is 0 Å². The maximum atomic E-state index is 13.7. The number of nitrogens with zero attached hydrogens (tertiary/aromatic N) is 2. The van der Waals surface area contributed by atoms with Crippen LogP contribution in [0.15, 0.2) is 78.9 Å². The van der Waals surface area contributed by atoms with Crippen molar-refractivity contribution < 1.29 is 14.1 Å². The minimum absolute atomic E-state index is 0.0554. The standard InChI is InChI=1S/C28H28N4O2/c1-20-10-9-19-32(20,27(33)18-17-26-29-24-15-7-8-16-25(24)30-26)28(34)31-23-14-6-5-13-22(23)21-11-3-2-4-12-21/h2-8,11-16,20H,9-10,17-19H2,1H3,(H-,29,30,31,34)/p+1/t20-,32?/m1/s1. The van der Waals surface area contributed by atoms with Crippen LogP contribution in [0.4, 0.5) is 10.5 Å². The number of quaternary nitrogens is 1. The van der Waals surface area contributed by atoms with Gasteiger partial charge in [0.15, 0.2) is 0 Å². The third-order valence-electron chi connectivity index (χ3n) is 6.96. The Morgan fingerprint density at radius 1 is 1.00 bits per heavy atom. The summed E-state index contributed by atoms with van der Waals surface area (Å²) in [6, 6.07) is 25.2. The van der Waals surface area contributed by atoms with Gasteiger partial charge in [-0.1, -0.05) is 60.7 Å². The van der Waals surface area contributed by atoms with Crippen molar-refractivity contribution in [1.82, 2.24) is 9.97 Å². The molecule has 0 spiro atoms. The highest BCUT2D eigenvalue weighted by molar-refractivity contribution is 5.96. The molecule has 3 amide bonds. The number of imidazole rings is 1. The largest absolute Gasteiger partial charge is 0.428 e. The predicted molar refractivity (Wildman–Crippen MR) is 134 cm³/mol. The number of rotatable bonds is 5. The van der Waals surface area contributed by atoms with Crippen LogP contribution in [0.25, 0.3) is 22.2 Å². The Kier molecular flexibility index (Phi) is 5.99. The van der Waals surface area contributed by atoms with E-state index in [9.17, 15) is 9.59 Å². The van der Waals surface area contributed by atoms with Crippen LogP contribution in [0.3, 0.4) is 0 Å². The molecule has 0 saturated carbocycles. The van der Waals surface area contributed by atoms with Crippen LogP contribution >= 0.6 is 0 Å². The molecular formula is C28H29N4O2+. The number of amides is 3. The van der Waals surface area contributed by atoms with Crippen molar-refractivity contribution in [3.63, 3.8) is 0 Å². The normalized spacial score (nSPS) is 19.9. The van der Waals surface area contributed by atoms with Gasteiger partial charge in [0, 0.05) is 24.8 Å². The molecule has 0 bridgehead atoms. The van der Waals surface area contributed by atoms with Crippen molar-refractivity contribution in [3.8, 4) is 11.1 Å². The molecule has 1 fully saturated rings.